The fourth-order valence-electron chi connectivity index (χ4n) is 2.72. The highest BCUT2D eigenvalue weighted by Gasteiger charge is 2.28. The molecule has 1 fully saturated rings. The lowest BCUT2D eigenvalue weighted by atomic mass is 9.94. The highest BCUT2D eigenvalue weighted by molar-refractivity contribution is 6.30. The molecule has 0 aromatic heterocycles. The summed E-state index contributed by atoms with van der Waals surface area (Å²) < 4.78 is 0. The first-order valence-electron chi connectivity index (χ1n) is 7.31. The Balaban J connectivity index is 1.82. The van der Waals surface area contributed by atoms with Gasteiger partial charge in [-0.1, -0.05) is 49.4 Å². The van der Waals surface area contributed by atoms with E-state index in [-0.39, 0.29) is 5.91 Å². The van der Waals surface area contributed by atoms with Gasteiger partial charge in [0.2, 0.25) is 5.91 Å². The molecule has 0 spiro atoms. The molecule has 2 rings (SSSR count). The number of amides is 1. The number of carbonyl (C=O) groups excluding carboxylic acids is 1. The third kappa shape index (κ3) is 4.80. The molecule has 0 bridgehead atoms. The lowest BCUT2D eigenvalue weighted by Gasteiger charge is -2.26. The summed E-state index contributed by atoms with van der Waals surface area (Å²) in [6.45, 7) is 0.354. The lowest BCUT2D eigenvalue weighted by molar-refractivity contribution is -0.121. The molecule has 3 nitrogen and oxygen atoms in total. The summed E-state index contributed by atoms with van der Waals surface area (Å²) in [5.74, 6) is -0.0649. The highest BCUT2D eigenvalue weighted by Crippen LogP contribution is 2.26. The van der Waals surface area contributed by atoms with Crippen LogP contribution in [0.5, 0.6) is 0 Å². The van der Waals surface area contributed by atoms with Crippen molar-refractivity contribution in [2.24, 2.45) is 0 Å². The van der Waals surface area contributed by atoms with Gasteiger partial charge in [-0.05, 0) is 30.5 Å². The molecule has 0 saturated heterocycles. The maximum Gasteiger partial charge on any atom is 0.224 e. The van der Waals surface area contributed by atoms with Crippen LogP contribution in [-0.2, 0) is 11.2 Å². The van der Waals surface area contributed by atoms with Crippen LogP contribution >= 0.6 is 11.6 Å². The lowest BCUT2D eigenvalue weighted by Crippen LogP contribution is -2.43. The van der Waals surface area contributed by atoms with Gasteiger partial charge in [0.1, 0.15) is 0 Å². The highest BCUT2D eigenvalue weighted by atomic mass is 35.5. The molecule has 110 valence electrons. The van der Waals surface area contributed by atoms with E-state index in [9.17, 15) is 9.90 Å². The summed E-state index contributed by atoms with van der Waals surface area (Å²) in [7, 11) is 0. The molecule has 0 radical (unpaired) electrons. The van der Waals surface area contributed by atoms with Gasteiger partial charge in [0.15, 0.2) is 0 Å². The molecule has 0 aliphatic heterocycles. The molecule has 1 amide bonds. The van der Waals surface area contributed by atoms with Crippen LogP contribution < -0.4 is 5.32 Å². The van der Waals surface area contributed by atoms with E-state index >= 15 is 0 Å². The zero-order valence-corrected chi connectivity index (χ0v) is 12.5. The minimum absolute atomic E-state index is 0.0649. The Hall–Kier alpha value is -1.06. The first-order valence-corrected chi connectivity index (χ1v) is 7.69. The standard InChI is InChI=1S/C16H22ClNO2/c17-14-7-5-6-13(10-14)11-15(19)18-12-16(20)8-3-1-2-4-9-16/h5-7,10,20H,1-4,8-9,11-12H2,(H,18,19). The van der Waals surface area contributed by atoms with E-state index in [1.807, 2.05) is 12.1 Å². The Morgan fingerprint density at radius 2 is 1.95 bits per heavy atom. The molecule has 1 aromatic rings. The molecule has 20 heavy (non-hydrogen) atoms. The predicted octanol–water partition coefficient (Wildman–Crippen LogP) is 3.08. The first kappa shape index (κ1) is 15.3. The summed E-state index contributed by atoms with van der Waals surface area (Å²) >= 11 is 5.90. The van der Waals surface area contributed by atoms with Crippen molar-refractivity contribution in [2.75, 3.05) is 6.54 Å². The average molecular weight is 296 g/mol. The van der Waals surface area contributed by atoms with Gasteiger partial charge in [0, 0.05) is 11.6 Å². The Morgan fingerprint density at radius 3 is 2.60 bits per heavy atom. The zero-order chi connectivity index (χ0) is 14.4. The second kappa shape index (κ2) is 7.09. The third-order valence-electron chi connectivity index (χ3n) is 3.90. The second-order valence-corrected chi connectivity index (χ2v) is 6.16. The second-order valence-electron chi connectivity index (χ2n) is 5.72. The Labute approximate surface area is 125 Å². The molecule has 4 heteroatoms. The number of halogens is 1. The molecular weight excluding hydrogens is 274 g/mol. The van der Waals surface area contributed by atoms with Crippen LogP contribution in [0, 0.1) is 0 Å². The van der Waals surface area contributed by atoms with Crippen molar-refractivity contribution in [3.63, 3.8) is 0 Å². The Bertz CT molecular complexity index is 454. The van der Waals surface area contributed by atoms with Crippen LogP contribution in [0.2, 0.25) is 5.02 Å². The minimum Gasteiger partial charge on any atom is -0.388 e. The van der Waals surface area contributed by atoms with E-state index in [2.05, 4.69) is 5.32 Å². The molecular formula is C16H22ClNO2. The van der Waals surface area contributed by atoms with Crippen LogP contribution in [0.3, 0.4) is 0 Å². The van der Waals surface area contributed by atoms with Crippen LogP contribution in [-0.4, -0.2) is 23.2 Å². The van der Waals surface area contributed by atoms with Gasteiger partial charge in [-0.3, -0.25) is 4.79 Å². The van der Waals surface area contributed by atoms with Crippen molar-refractivity contribution >= 4 is 17.5 Å². The van der Waals surface area contributed by atoms with Gasteiger partial charge in [-0.25, -0.2) is 0 Å². The van der Waals surface area contributed by atoms with E-state index in [0.717, 1.165) is 31.2 Å². The summed E-state index contributed by atoms with van der Waals surface area (Å²) in [6.07, 6.45) is 6.31. The molecule has 1 aliphatic carbocycles. The summed E-state index contributed by atoms with van der Waals surface area (Å²) in [5.41, 5.74) is 0.170. The van der Waals surface area contributed by atoms with Gasteiger partial charge < -0.3 is 10.4 Å². The van der Waals surface area contributed by atoms with Crippen molar-refractivity contribution in [3.8, 4) is 0 Å². The minimum atomic E-state index is -0.722. The van der Waals surface area contributed by atoms with E-state index in [1.165, 1.54) is 12.8 Å². The smallest absolute Gasteiger partial charge is 0.224 e. The number of nitrogens with one attached hydrogen (secondary N) is 1. The Kier molecular flexibility index (Phi) is 5.44. The van der Waals surface area contributed by atoms with Crippen molar-refractivity contribution in [3.05, 3.63) is 34.9 Å². The number of hydrogen-bond donors (Lipinski definition) is 2. The van der Waals surface area contributed by atoms with Crippen LogP contribution in [0.4, 0.5) is 0 Å². The van der Waals surface area contributed by atoms with E-state index < -0.39 is 5.60 Å². The van der Waals surface area contributed by atoms with Crippen LogP contribution in [0.25, 0.3) is 0 Å². The van der Waals surface area contributed by atoms with Crippen molar-refractivity contribution in [1.82, 2.24) is 5.32 Å². The van der Waals surface area contributed by atoms with Crippen molar-refractivity contribution < 1.29 is 9.90 Å². The molecule has 0 atom stereocenters. The molecule has 1 saturated carbocycles. The number of aliphatic hydroxyl groups is 1. The van der Waals surface area contributed by atoms with Crippen molar-refractivity contribution in [2.45, 2.75) is 50.5 Å². The van der Waals surface area contributed by atoms with E-state index in [0.29, 0.717) is 18.0 Å². The van der Waals surface area contributed by atoms with E-state index in [4.69, 9.17) is 11.6 Å². The molecule has 0 heterocycles. The molecule has 2 N–H and O–H groups in total. The van der Waals surface area contributed by atoms with Gasteiger partial charge in [0.25, 0.3) is 0 Å². The largest absolute Gasteiger partial charge is 0.388 e. The number of benzene rings is 1. The van der Waals surface area contributed by atoms with Crippen LogP contribution in [0.1, 0.15) is 44.1 Å². The SMILES string of the molecule is O=C(Cc1cccc(Cl)c1)NCC1(O)CCCCCC1. The Morgan fingerprint density at radius 1 is 1.25 bits per heavy atom. The normalized spacial score (nSPS) is 18.3. The van der Waals surface area contributed by atoms with Gasteiger partial charge in [-0.15, -0.1) is 0 Å². The maximum absolute atomic E-state index is 11.9. The molecule has 1 aliphatic rings. The monoisotopic (exact) mass is 295 g/mol. The number of hydrogen-bond acceptors (Lipinski definition) is 2. The van der Waals surface area contributed by atoms with Gasteiger partial charge in [0.05, 0.1) is 12.0 Å². The first-order chi connectivity index (χ1) is 9.57. The van der Waals surface area contributed by atoms with E-state index in [1.54, 1.807) is 12.1 Å². The van der Waals surface area contributed by atoms with Gasteiger partial charge in [-0.2, -0.15) is 0 Å². The maximum atomic E-state index is 11.9. The number of rotatable bonds is 4. The summed E-state index contributed by atoms with van der Waals surface area (Å²) in [6, 6.07) is 7.30. The van der Waals surface area contributed by atoms with Gasteiger partial charge >= 0.3 is 0 Å². The fraction of sp³-hybridized carbons (Fsp3) is 0.562. The predicted molar refractivity (Wildman–Crippen MR) is 80.8 cm³/mol. The van der Waals surface area contributed by atoms with Crippen LogP contribution in [0.15, 0.2) is 24.3 Å². The summed E-state index contributed by atoms with van der Waals surface area (Å²) in [4.78, 5) is 11.9. The zero-order valence-electron chi connectivity index (χ0n) is 11.7. The fourth-order valence-corrected chi connectivity index (χ4v) is 2.93. The average Bonchev–Trinajstić information content (AvgIpc) is 2.62. The molecule has 1 aromatic carbocycles. The topological polar surface area (TPSA) is 49.3 Å². The quantitative estimate of drug-likeness (QED) is 0.839. The molecule has 0 unspecified atom stereocenters. The summed E-state index contributed by atoms with van der Waals surface area (Å²) in [5, 5.41) is 14.0. The third-order valence-corrected chi connectivity index (χ3v) is 4.14. The number of carbonyl (C=O) groups is 1. The van der Waals surface area contributed by atoms with Crippen molar-refractivity contribution in [1.29, 1.82) is 0 Å².